The van der Waals surface area contributed by atoms with E-state index in [0.29, 0.717) is 6.54 Å². The zero-order valence-corrected chi connectivity index (χ0v) is 13.2. The first-order chi connectivity index (χ1) is 9.53. The van der Waals surface area contributed by atoms with Gasteiger partial charge in [-0.25, -0.2) is 13.1 Å². The molecule has 0 aromatic carbocycles. The minimum absolute atomic E-state index is 0.544. The van der Waals surface area contributed by atoms with Gasteiger partial charge in [0.1, 0.15) is 0 Å². The van der Waals surface area contributed by atoms with Crippen LogP contribution in [0.1, 0.15) is 32.1 Å². The van der Waals surface area contributed by atoms with Crippen LogP contribution in [0.3, 0.4) is 0 Å². The van der Waals surface area contributed by atoms with Crippen molar-refractivity contribution >= 4 is 10.0 Å². The van der Waals surface area contributed by atoms with Gasteiger partial charge >= 0.3 is 0 Å². The van der Waals surface area contributed by atoms with Crippen LogP contribution < -0.4 is 4.72 Å². The van der Waals surface area contributed by atoms with Crippen LogP contribution in [-0.4, -0.2) is 69.3 Å². The summed E-state index contributed by atoms with van der Waals surface area (Å²) >= 11 is 0. The maximum absolute atomic E-state index is 11.1. The number of likely N-dealkylation sites (tertiary alicyclic amines) is 2. The van der Waals surface area contributed by atoms with Crippen LogP contribution in [-0.2, 0) is 10.0 Å². The fourth-order valence-corrected chi connectivity index (χ4v) is 4.43. The van der Waals surface area contributed by atoms with Crippen molar-refractivity contribution in [2.24, 2.45) is 5.92 Å². The number of piperidine rings is 2. The van der Waals surface area contributed by atoms with Crippen LogP contribution in [0, 0.1) is 5.92 Å². The quantitative estimate of drug-likeness (QED) is 0.803. The van der Waals surface area contributed by atoms with E-state index >= 15 is 0 Å². The fourth-order valence-electron chi connectivity index (χ4n) is 3.97. The minimum Gasteiger partial charge on any atom is -0.302 e. The molecule has 6 heteroatoms. The molecule has 0 radical (unpaired) electrons. The molecule has 1 aliphatic carbocycles. The van der Waals surface area contributed by atoms with Gasteiger partial charge in [-0.2, -0.15) is 0 Å². The number of fused-ring (bicyclic) bond motifs is 1. The summed E-state index contributed by atoms with van der Waals surface area (Å²) in [5, 5.41) is 0. The molecule has 3 rings (SSSR count). The Kier molecular flexibility index (Phi) is 4.36. The van der Waals surface area contributed by atoms with Gasteiger partial charge < -0.3 is 4.90 Å². The third-order valence-corrected chi connectivity index (χ3v) is 5.73. The zero-order chi connectivity index (χ0) is 14.2. The minimum atomic E-state index is -3.04. The molecule has 0 aromatic heterocycles. The average molecular weight is 301 g/mol. The highest BCUT2D eigenvalue weighted by atomic mass is 32.2. The van der Waals surface area contributed by atoms with Crippen molar-refractivity contribution in [2.75, 3.05) is 39.0 Å². The highest BCUT2D eigenvalue weighted by Gasteiger charge is 2.41. The molecule has 2 atom stereocenters. The fraction of sp³-hybridized carbons (Fsp3) is 1.00. The smallest absolute Gasteiger partial charge is 0.208 e. The number of nitrogens with zero attached hydrogens (tertiary/aromatic N) is 2. The third-order valence-electron chi connectivity index (χ3n) is 5.00. The normalized spacial score (nSPS) is 33.0. The summed E-state index contributed by atoms with van der Waals surface area (Å²) in [5.41, 5.74) is 0. The summed E-state index contributed by atoms with van der Waals surface area (Å²) < 4.78 is 24.8. The Hall–Kier alpha value is -0.170. The van der Waals surface area contributed by atoms with Crippen LogP contribution in [0.25, 0.3) is 0 Å². The number of hydrogen-bond donors (Lipinski definition) is 1. The van der Waals surface area contributed by atoms with Crippen molar-refractivity contribution in [3.8, 4) is 0 Å². The highest BCUT2D eigenvalue weighted by molar-refractivity contribution is 7.88. The van der Waals surface area contributed by atoms with Gasteiger partial charge in [0.2, 0.25) is 10.0 Å². The molecule has 0 amide bonds. The lowest BCUT2D eigenvalue weighted by atomic mass is 9.83. The Morgan fingerprint density at radius 2 is 1.95 bits per heavy atom. The summed E-state index contributed by atoms with van der Waals surface area (Å²) in [6.07, 6.45) is 8.00. The average Bonchev–Trinajstić information content (AvgIpc) is 3.20. The van der Waals surface area contributed by atoms with Crippen LogP contribution in [0.2, 0.25) is 0 Å². The van der Waals surface area contributed by atoms with E-state index in [4.69, 9.17) is 0 Å². The lowest BCUT2D eigenvalue weighted by Crippen LogP contribution is -2.55. The van der Waals surface area contributed by atoms with Crippen molar-refractivity contribution in [1.29, 1.82) is 0 Å². The number of hydrogen-bond acceptors (Lipinski definition) is 4. The summed E-state index contributed by atoms with van der Waals surface area (Å²) in [6.45, 7) is 4.97. The van der Waals surface area contributed by atoms with Gasteiger partial charge in [0.15, 0.2) is 0 Å². The second kappa shape index (κ2) is 5.91. The first kappa shape index (κ1) is 14.8. The van der Waals surface area contributed by atoms with Crippen molar-refractivity contribution < 1.29 is 8.42 Å². The third kappa shape index (κ3) is 3.72. The lowest BCUT2D eigenvalue weighted by Gasteiger charge is -2.47. The first-order valence-corrected chi connectivity index (χ1v) is 9.85. The van der Waals surface area contributed by atoms with Crippen molar-refractivity contribution in [2.45, 2.75) is 44.2 Å². The molecule has 0 bridgehead atoms. The van der Waals surface area contributed by atoms with E-state index in [2.05, 4.69) is 14.5 Å². The molecule has 5 nitrogen and oxygen atoms in total. The SMILES string of the molecule is CS(=O)(=O)NCCN1CC[C@@H]2[C@@H](CCCN2C2CC2)C1. The highest BCUT2D eigenvalue weighted by Crippen LogP contribution is 2.38. The number of nitrogens with one attached hydrogen (secondary N) is 1. The van der Waals surface area contributed by atoms with Gasteiger partial charge in [-0.15, -0.1) is 0 Å². The first-order valence-electron chi connectivity index (χ1n) is 7.96. The summed E-state index contributed by atoms with van der Waals surface area (Å²) in [7, 11) is -3.04. The van der Waals surface area contributed by atoms with E-state index in [-0.39, 0.29) is 0 Å². The van der Waals surface area contributed by atoms with E-state index in [0.717, 1.165) is 37.6 Å². The molecule has 0 aromatic rings. The topological polar surface area (TPSA) is 52.7 Å². The number of sulfonamides is 1. The lowest BCUT2D eigenvalue weighted by molar-refractivity contribution is 0.0189. The van der Waals surface area contributed by atoms with Gasteiger partial charge in [-0.3, -0.25) is 4.90 Å². The molecule has 1 N–H and O–H groups in total. The van der Waals surface area contributed by atoms with Gasteiger partial charge in [0, 0.05) is 31.7 Å². The van der Waals surface area contributed by atoms with Crippen molar-refractivity contribution in [3.05, 3.63) is 0 Å². The summed E-state index contributed by atoms with van der Waals surface area (Å²) in [4.78, 5) is 5.22. The van der Waals surface area contributed by atoms with Gasteiger partial charge in [0.05, 0.1) is 6.26 Å². The maximum Gasteiger partial charge on any atom is 0.208 e. The van der Waals surface area contributed by atoms with Gasteiger partial charge in [-0.05, 0) is 51.1 Å². The maximum atomic E-state index is 11.1. The predicted molar refractivity (Wildman–Crippen MR) is 80.1 cm³/mol. The number of rotatable bonds is 5. The molecule has 2 heterocycles. The van der Waals surface area contributed by atoms with Gasteiger partial charge in [0.25, 0.3) is 0 Å². The molecule has 2 saturated heterocycles. The second-order valence-electron chi connectivity index (χ2n) is 6.69. The Morgan fingerprint density at radius 1 is 1.15 bits per heavy atom. The molecular formula is C14H27N3O2S. The monoisotopic (exact) mass is 301 g/mol. The van der Waals surface area contributed by atoms with Crippen molar-refractivity contribution in [1.82, 2.24) is 14.5 Å². The van der Waals surface area contributed by atoms with Crippen LogP contribution in [0.15, 0.2) is 0 Å². The molecule has 1 saturated carbocycles. The molecule has 0 spiro atoms. The Morgan fingerprint density at radius 3 is 2.65 bits per heavy atom. The standard InChI is InChI=1S/C14H27N3O2S/c1-20(18,19)15-7-10-16-9-6-14-12(11-16)3-2-8-17(14)13-4-5-13/h12-15H,2-11H2,1H3/t12-,14+/m0/s1. The summed E-state index contributed by atoms with van der Waals surface area (Å²) in [6, 6.07) is 1.69. The molecule has 116 valence electrons. The Labute approximate surface area is 122 Å². The van der Waals surface area contributed by atoms with Crippen LogP contribution in [0.5, 0.6) is 0 Å². The Balaban J connectivity index is 1.48. The molecule has 3 aliphatic rings. The molecule has 3 fully saturated rings. The van der Waals surface area contributed by atoms with Crippen LogP contribution in [0.4, 0.5) is 0 Å². The van der Waals surface area contributed by atoms with E-state index in [1.54, 1.807) is 0 Å². The molecular weight excluding hydrogens is 274 g/mol. The molecule has 20 heavy (non-hydrogen) atoms. The predicted octanol–water partition coefficient (Wildman–Crippen LogP) is 0.484. The van der Waals surface area contributed by atoms with E-state index in [9.17, 15) is 8.42 Å². The van der Waals surface area contributed by atoms with E-state index in [1.165, 1.54) is 44.9 Å². The molecule has 0 unspecified atom stereocenters. The Bertz CT molecular complexity index is 436. The molecule has 2 aliphatic heterocycles. The zero-order valence-electron chi connectivity index (χ0n) is 12.4. The van der Waals surface area contributed by atoms with E-state index in [1.807, 2.05) is 0 Å². The van der Waals surface area contributed by atoms with Crippen molar-refractivity contribution in [3.63, 3.8) is 0 Å². The second-order valence-corrected chi connectivity index (χ2v) is 8.53. The van der Waals surface area contributed by atoms with Gasteiger partial charge in [-0.1, -0.05) is 0 Å². The van der Waals surface area contributed by atoms with Crippen LogP contribution >= 0.6 is 0 Å². The summed E-state index contributed by atoms with van der Waals surface area (Å²) in [5.74, 6) is 0.802. The van der Waals surface area contributed by atoms with E-state index < -0.39 is 10.0 Å². The largest absolute Gasteiger partial charge is 0.302 e.